The van der Waals surface area contributed by atoms with E-state index in [4.69, 9.17) is 0 Å². The molecule has 2 heterocycles. The van der Waals surface area contributed by atoms with E-state index >= 15 is 0 Å². The van der Waals surface area contributed by atoms with Crippen LogP contribution in [0.1, 0.15) is 11.1 Å². The predicted octanol–water partition coefficient (Wildman–Crippen LogP) is 2.00. The number of hydrogen-bond acceptors (Lipinski definition) is 6. The van der Waals surface area contributed by atoms with Crippen LogP contribution in [-0.4, -0.2) is 45.9 Å². The number of aromatic nitrogens is 2. The maximum atomic E-state index is 13.1. The zero-order valence-electron chi connectivity index (χ0n) is 15.3. The van der Waals surface area contributed by atoms with Crippen molar-refractivity contribution in [1.82, 2.24) is 9.55 Å². The Morgan fingerprint density at radius 2 is 1.86 bits per heavy atom. The monoisotopic (exact) mass is 416 g/mol. The first-order valence-electron chi connectivity index (χ1n) is 8.93. The van der Waals surface area contributed by atoms with E-state index in [9.17, 15) is 18.3 Å². The molecule has 0 aliphatic carbocycles. The lowest BCUT2D eigenvalue weighted by molar-refractivity contribution is 0.207. The molecule has 4 rings (SSSR count). The first-order valence-corrected chi connectivity index (χ1v) is 11.6. The van der Waals surface area contributed by atoms with E-state index < -0.39 is 21.2 Å². The fourth-order valence-corrected chi connectivity index (χ4v) is 6.88. The fourth-order valence-electron chi connectivity index (χ4n) is 3.30. The van der Waals surface area contributed by atoms with E-state index in [0.717, 1.165) is 22.9 Å². The molecule has 6 nitrogen and oxygen atoms in total. The van der Waals surface area contributed by atoms with Crippen LogP contribution in [0.2, 0.25) is 0 Å². The molecule has 0 spiro atoms. The van der Waals surface area contributed by atoms with Crippen LogP contribution < -0.4 is 5.56 Å². The number of nitrogens with zero attached hydrogens (tertiary/aromatic N) is 2. The average molecular weight is 417 g/mol. The molecule has 1 fully saturated rings. The van der Waals surface area contributed by atoms with Crippen molar-refractivity contribution in [3.8, 4) is 0 Å². The number of para-hydroxylation sites is 1. The summed E-state index contributed by atoms with van der Waals surface area (Å²) >= 11 is 1.16. The van der Waals surface area contributed by atoms with Crippen molar-refractivity contribution in [2.75, 3.05) is 11.5 Å². The van der Waals surface area contributed by atoms with Crippen LogP contribution in [0, 0.1) is 6.92 Å². The van der Waals surface area contributed by atoms with Gasteiger partial charge >= 0.3 is 0 Å². The van der Waals surface area contributed by atoms with E-state index in [1.54, 1.807) is 22.8 Å². The first kappa shape index (κ1) is 19.2. The Balaban J connectivity index is 1.79. The third-order valence-electron chi connectivity index (χ3n) is 4.82. The second kappa shape index (κ2) is 7.35. The van der Waals surface area contributed by atoms with Crippen LogP contribution in [0.15, 0.2) is 58.5 Å². The van der Waals surface area contributed by atoms with Crippen molar-refractivity contribution >= 4 is 32.5 Å². The highest BCUT2D eigenvalue weighted by atomic mass is 32.2. The van der Waals surface area contributed by atoms with Crippen LogP contribution in [0.5, 0.6) is 0 Å². The third kappa shape index (κ3) is 3.85. The highest BCUT2D eigenvalue weighted by molar-refractivity contribution is 8.01. The van der Waals surface area contributed by atoms with Gasteiger partial charge in [0.15, 0.2) is 15.0 Å². The summed E-state index contributed by atoms with van der Waals surface area (Å²) < 4.78 is 25.3. The summed E-state index contributed by atoms with van der Waals surface area (Å²) in [6, 6.07) is 15.0. The van der Waals surface area contributed by atoms with E-state index in [1.807, 2.05) is 37.3 Å². The van der Waals surface area contributed by atoms with Gasteiger partial charge in [-0.3, -0.25) is 9.36 Å². The van der Waals surface area contributed by atoms with Gasteiger partial charge in [-0.2, -0.15) is 0 Å². The molecule has 1 saturated heterocycles. The standard InChI is InChI=1S/C20H20N2O4S2/c1-13-6-8-14(9-7-13)10-22-19(24)15-4-2-3-5-16(15)21-20(22)27-18-12-28(25,26)11-17(18)23/h2-9,17-18,23H,10-12H2,1H3/t17-,18+/m1/s1. The van der Waals surface area contributed by atoms with Gasteiger partial charge < -0.3 is 5.11 Å². The molecule has 0 saturated carbocycles. The smallest absolute Gasteiger partial charge is 0.262 e. The van der Waals surface area contributed by atoms with Crippen molar-refractivity contribution in [2.45, 2.75) is 30.0 Å². The molecule has 146 valence electrons. The SMILES string of the molecule is Cc1ccc(Cn2c(S[C@H]3CS(=O)(=O)C[C@H]3O)nc3ccccc3c2=O)cc1. The van der Waals surface area contributed by atoms with E-state index in [2.05, 4.69) is 4.98 Å². The Kier molecular flexibility index (Phi) is 5.03. The molecule has 0 amide bonds. The van der Waals surface area contributed by atoms with Gasteiger partial charge in [0.2, 0.25) is 0 Å². The molecular weight excluding hydrogens is 396 g/mol. The molecule has 3 aromatic rings. The molecule has 2 aromatic carbocycles. The van der Waals surface area contributed by atoms with Gasteiger partial charge in [-0.15, -0.1) is 0 Å². The zero-order valence-corrected chi connectivity index (χ0v) is 16.9. The largest absolute Gasteiger partial charge is 0.391 e. The van der Waals surface area contributed by atoms with Gasteiger partial charge in [-0.1, -0.05) is 53.7 Å². The van der Waals surface area contributed by atoms with Crippen LogP contribution in [0.3, 0.4) is 0 Å². The van der Waals surface area contributed by atoms with Gasteiger partial charge in [0.1, 0.15) is 0 Å². The first-order chi connectivity index (χ1) is 13.3. The zero-order chi connectivity index (χ0) is 19.9. The fraction of sp³-hybridized carbons (Fsp3) is 0.300. The van der Waals surface area contributed by atoms with Crippen molar-refractivity contribution in [3.63, 3.8) is 0 Å². The lowest BCUT2D eigenvalue weighted by atomic mass is 10.1. The van der Waals surface area contributed by atoms with Gasteiger partial charge in [0.05, 0.1) is 40.3 Å². The molecule has 1 N–H and O–H groups in total. The van der Waals surface area contributed by atoms with E-state index in [1.165, 1.54) is 0 Å². The lowest BCUT2D eigenvalue weighted by Crippen LogP contribution is -2.27. The maximum Gasteiger partial charge on any atom is 0.262 e. The van der Waals surface area contributed by atoms with Crippen LogP contribution >= 0.6 is 11.8 Å². The molecule has 28 heavy (non-hydrogen) atoms. The molecule has 1 aliphatic heterocycles. The van der Waals surface area contributed by atoms with E-state index in [-0.39, 0.29) is 17.1 Å². The Bertz CT molecular complexity index is 1190. The van der Waals surface area contributed by atoms with Crippen LogP contribution in [0.25, 0.3) is 10.9 Å². The number of thioether (sulfide) groups is 1. The third-order valence-corrected chi connectivity index (χ3v) is 8.05. The van der Waals surface area contributed by atoms with Crippen molar-refractivity contribution in [3.05, 3.63) is 70.0 Å². The maximum absolute atomic E-state index is 13.1. The normalized spacial score (nSPS) is 21.2. The lowest BCUT2D eigenvalue weighted by Gasteiger charge is -2.17. The topological polar surface area (TPSA) is 89.3 Å². The number of aliphatic hydroxyl groups is 1. The molecule has 1 aromatic heterocycles. The highest BCUT2D eigenvalue weighted by Crippen LogP contribution is 2.30. The molecule has 0 bridgehead atoms. The molecule has 8 heteroatoms. The number of aliphatic hydroxyl groups excluding tert-OH is 1. The molecular formula is C20H20N2O4S2. The number of sulfone groups is 1. The highest BCUT2D eigenvalue weighted by Gasteiger charge is 2.38. The number of rotatable bonds is 4. The molecule has 2 atom stereocenters. The summed E-state index contributed by atoms with van der Waals surface area (Å²) in [6.45, 7) is 2.32. The Labute approximate surface area is 167 Å². The Hall–Kier alpha value is -2.16. The van der Waals surface area contributed by atoms with Gasteiger partial charge in [-0.05, 0) is 24.6 Å². The van der Waals surface area contributed by atoms with Crippen molar-refractivity contribution in [1.29, 1.82) is 0 Å². The number of aryl methyl sites for hydroxylation is 1. The number of fused-ring (bicyclic) bond motifs is 1. The quantitative estimate of drug-likeness (QED) is 0.655. The second-order valence-corrected chi connectivity index (χ2v) is 10.4. The average Bonchev–Trinajstić information content (AvgIpc) is 2.91. The summed E-state index contributed by atoms with van der Waals surface area (Å²) in [5.41, 5.74) is 2.46. The summed E-state index contributed by atoms with van der Waals surface area (Å²) in [5, 5.41) is 10.6. The van der Waals surface area contributed by atoms with Gasteiger partial charge in [-0.25, -0.2) is 13.4 Å². The number of hydrogen-bond donors (Lipinski definition) is 1. The summed E-state index contributed by atoms with van der Waals surface area (Å²) in [5.74, 6) is -0.369. The Morgan fingerprint density at radius 3 is 2.54 bits per heavy atom. The van der Waals surface area contributed by atoms with Crippen LogP contribution in [0.4, 0.5) is 0 Å². The molecule has 1 aliphatic rings. The minimum Gasteiger partial charge on any atom is -0.391 e. The molecule has 0 radical (unpaired) electrons. The minimum atomic E-state index is -3.28. The second-order valence-electron chi connectivity index (χ2n) is 7.09. The summed E-state index contributed by atoms with van der Waals surface area (Å²) in [6.07, 6.45) is -0.966. The summed E-state index contributed by atoms with van der Waals surface area (Å²) in [4.78, 5) is 17.7. The predicted molar refractivity (Wildman–Crippen MR) is 111 cm³/mol. The van der Waals surface area contributed by atoms with Gasteiger partial charge in [0.25, 0.3) is 5.56 Å². The van der Waals surface area contributed by atoms with Crippen molar-refractivity contribution in [2.24, 2.45) is 0 Å². The summed E-state index contributed by atoms with van der Waals surface area (Å²) in [7, 11) is -3.28. The number of benzene rings is 2. The van der Waals surface area contributed by atoms with Crippen molar-refractivity contribution < 1.29 is 13.5 Å². The molecule has 0 unspecified atom stereocenters. The Morgan fingerprint density at radius 1 is 1.14 bits per heavy atom. The van der Waals surface area contributed by atoms with Gasteiger partial charge in [0, 0.05) is 0 Å². The van der Waals surface area contributed by atoms with Crippen LogP contribution in [-0.2, 0) is 16.4 Å². The van der Waals surface area contributed by atoms with E-state index in [0.29, 0.717) is 22.6 Å². The minimum absolute atomic E-state index is 0.119.